The van der Waals surface area contributed by atoms with Crippen molar-refractivity contribution < 1.29 is 0 Å². The summed E-state index contributed by atoms with van der Waals surface area (Å²) in [5, 5.41) is 0. The van der Waals surface area contributed by atoms with Gasteiger partial charge in [-0.15, -0.1) is 0 Å². The molecule has 1 aliphatic carbocycles. The molecule has 0 atom stereocenters. The quantitative estimate of drug-likeness (QED) is 0.148. The molecular formula is C50H44N2. The number of nitrogens with zero attached hydrogens (tertiary/aromatic N) is 2. The molecule has 0 radical (unpaired) electrons. The van der Waals surface area contributed by atoms with Crippen molar-refractivity contribution in [2.24, 2.45) is 0 Å². The van der Waals surface area contributed by atoms with Gasteiger partial charge in [0.05, 0.1) is 0 Å². The Morgan fingerprint density at radius 1 is 0.365 bits per heavy atom. The van der Waals surface area contributed by atoms with E-state index in [1.807, 2.05) is 0 Å². The third kappa shape index (κ3) is 6.33. The summed E-state index contributed by atoms with van der Waals surface area (Å²) in [7, 11) is 0. The number of benzene rings is 7. The Labute approximate surface area is 309 Å². The van der Waals surface area contributed by atoms with Crippen molar-refractivity contribution in [2.45, 2.75) is 40.0 Å². The van der Waals surface area contributed by atoms with E-state index in [0.717, 1.165) is 17.1 Å². The van der Waals surface area contributed by atoms with Crippen molar-refractivity contribution in [3.05, 3.63) is 203 Å². The van der Waals surface area contributed by atoms with Crippen LogP contribution in [0.2, 0.25) is 0 Å². The molecule has 0 fully saturated rings. The predicted octanol–water partition coefficient (Wildman–Crippen LogP) is 14.0. The van der Waals surface area contributed by atoms with Crippen LogP contribution in [0.3, 0.4) is 0 Å². The van der Waals surface area contributed by atoms with Crippen LogP contribution in [-0.2, 0) is 5.41 Å². The molecule has 0 N–H and O–H groups in total. The zero-order valence-electron chi connectivity index (χ0n) is 30.6. The van der Waals surface area contributed by atoms with Crippen LogP contribution in [0.1, 0.15) is 52.8 Å². The lowest BCUT2D eigenvalue weighted by atomic mass is 9.81. The van der Waals surface area contributed by atoms with E-state index in [1.54, 1.807) is 0 Å². The number of para-hydroxylation sites is 2. The van der Waals surface area contributed by atoms with Crippen LogP contribution in [0.4, 0.5) is 34.1 Å². The number of anilines is 6. The monoisotopic (exact) mass is 672 g/mol. The molecule has 7 aromatic rings. The van der Waals surface area contributed by atoms with Crippen LogP contribution in [0.25, 0.3) is 23.3 Å². The van der Waals surface area contributed by atoms with Gasteiger partial charge in [0, 0.05) is 39.5 Å². The fourth-order valence-electron chi connectivity index (χ4n) is 7.81. The average molecular weight is 673 g/mol. The Kier molecular flexibility index (Phi) is 8.61. The van der Waals surface area contributed by atoms with E-state index in [1.165, 1.54) is 67.1 Å². The molecule has 2 heteroatoms. The Morgan fingerprint density at radius 2 is 0.827 bits per heavy atom. The summed E-state index contributed by atoms with van der Waals surface area (Å²) in [4.78, 5) is 4.70. The molecule has 8 rings (SSSR count). The van der Waals surface area contributed by atoms with Gasteiger partial charge in [-0.2, -0.15) is 0 Å². The van der Waals surface area contributed by atoms with Crippen molar-refractivity contribution in [2.75, 3.05) is 9.80 Å². The van der Waals surface area contributed by atoms with Crippen LogP contribution >= 0.6 is 0 Å². The fraction of sp³-hybridized carbons (Fsp3) is 0.120. The molecule has 52 heavy (non-hydrogen) atoms. The van der Waals surface area contributed by atoms with Gasteiger partial charge in [-0.1, -0.05) is 117 Å². The molecule has 254 valence electrons. The molecule has 0 aliphatic heterocycles. The van der Waals surface area contributed by atoms with Gasteiger partial charge in [0.2, 0.25) is 0 Å². The van der Waals surface area contributed by atoms with Crippen molar-refractivity contribution in [1.29, 1.82) is 0 Å². The van der Waals surface area contributed by atoms with E-state index in [2.05, 4.69) is 220 Å². The molecule has 0 spiro atoms. The smallest absolute Gasteiger partial charge is 0.0466 e. The molecule has 1 aliphatic rings. The molecule has 0 bridgehead atoms. The van der Waals surface area contributed by atoms with E-state index in [4.69, 9.17) is 0 Å². The van der Waals surface area contributed by atoms with E-state index in [0.29, 0.717) is 0 Å². The number of rotatable bonds is 8. The largest absolute Gasteiger partial charge is 0.311 e. The van der Waals surface area contributed by atoms with Gasteiger partial charge in [0.15, 0.2) is 0 Å². The summed E-state index contributed by atoms with van der Waals surface area (Å²) in [6.45, 7) is 11.3. The first-order valence-corrected chi connectivity index (χ1v) is 18.2. The van der Waals surface area contributed by atoms with Gasteiger partial charge in [-0.25, -0.2) is 0 Å². The molecule has 0 saturated carbocycles. The van der Waals surface area contributed by atoms with Crippen LogP contribution in [-0.4, -0.2) is 0 Å². The standard InChI is InChI=1S/C50H44N2/c1-35-13-12-18-43(30-35)52(45-31-36(2)29-37(3)32-45)44-26-28-47-46-27-23-39(33-48(46)50(4,5)49(47)34-44)20-19-38-21-24-42(25-22-38)51(40-14-8-6-9-15-40)41-16-10-7-11-17-41/h6-34H,1-5H3. The fourth-order valence-corrected chi connectivity index (χ4v) is 7.81. The summed E-state index contributed by atoms with van der Waals surface area (Å²) in [6.07, 6.45) is 4.46. The molecular weight excluding hydrogens is 629 g/mol. The topological polar surface area (TPSA) is 6.48 Å². The molecule has 2 nitrogen and oxygen atoms in total. The van der Waals surface area contributed by atoms with Crippen LogP contribution in [0.15, 0.2) is 164 Å². The minimum absolute atomic E-state index is 0.148. The number of fused-ring (bicyclic) bond motifs is 3. The highest BCUT2D eigenvalue weighted by atomic mass is 15.1. The highest BCUT2D eigenvalue weighted by Crippen LogP contribution is 2.51. The summed E-state index contributed by atoms with van der Waals surface area (Å²) in [5.74, 6) is 0. The zero-order chi connectivity index (χ0) is 35.8. The second kappa shape index (κ2) is 13.5. The Balaban J connectivity index is 1.09. The maximum atomic E-state index is 2.42. The molecule has 0 heterocycles. The predicted molar refractivity (Wildman–Crippen MR) is 223 cm³/mol. The Bertz CT molecular complexity index is 2340. The highest BCUT2D eigenvalue weighted by Gasteiger charge is 2.36. The van der Waals surface area contributed by atoms with Crippen LogP contribution < -0.4 is 9.80 Å². The third-order valence-corrected chi connectivity index (χ3v) is 10.3. The van der Waals surface area contributed by atoms with E-state index in [9.17, 15) is 0 Å². The van der Waals surface area contributed by atoms with Crippen molar-refractivity contribution >= 4 is 46.3 Å². The normalized spacial score (nSPS) is 12.8. The molecule has 0 amide bonds. The molecule has 7 aromatic carbocycles. The Hall–Kier alpha value is -6.12. The highest BCUT2D eigenvalue weighted by molar-refractivity contribution is 5.87. The maximum absolute atomic E-state index is 2.42. The van der Waals surface area contributed by atoms with E-state index >= 15 is 0 Å². The summed E-state index contributed by atoms with van der Waals surface area (Å²) >= 11 is 0. The second-order valence-electron chi connectivity index (χ2n) is 14.6. The first-order valence-electron chi connectivity index (χ1n) is 18.2. The third-order valence-electron chi connectivity index (χ3n) is 10.3. The summed E-state index contributed by atoms with van der Waals surface area (Å²) in [5.41, 5.74) is 18.3. The van der Waals surface area contributed by atoms with E-state index in [-0.39, 0.29) is 5.41 Å². The lowest BCUT2D eigenvalue weighted by Gasteiger charge is -2.29. The molecule has 0 unspecified atom stereocenters. The maximum Gasteiger partial charge on any atom is 0.0466 e. The van der Waals surface area contributed by atoms with E-state index < -0.39 is 0 Å². The van der Waals surface area contributed by atoms with Gasteiger partial charge in [0.25, 0.3) is 0 Å². The van der Waals surface area contributed by atoms with Crippen molar-refractivity contribution in [3.8, 4) is 11.1 Å². The van der Waals surface area contributed by atoms with Crippen molar-refractivity contribution in [1.82, 2.24) is 0 Å². The first-order chi connectivity index (χ1) is 25.2. The van der Waals surface area contributed by atoms with Gasteiger partial charge < -0.3 is 9.80 Å². The van der Waals surface area contributed by atoms with Gasteiger partial charge in [-0.05, 0) is 144 Å². The average Bonchev–Trinajstić information content (AvgIpc) is 3.37. The van der Waals surface area contributed by atoms with Crippen LogP contribution in [0.5, 0.6) is 0 Å². The number of hydrogen-bond donors (Lipinski definition) is 0. The number of hydrogen-bond acceptors (Lipinski definition) is 2. The number of aryl methyl sites for hydroxylation is 3. The Morgan fingerprint density at radius 3 is 1.46 bits per heavy atom. The minimum atomic E-state index is -0.148. The lowest BCUT2D eigenvalue weighted by molar-refractivity contribution is 0.660. The van der Waals surface area contributed by atoms with Crippen LogP contribution in [0, 0.1) is 20.8 Å². The van der Waals surface area contributed by atoms with Gasteiger partial charge in [-0.3, -0.25) is 0 Å². The first kappa shape index (κ1) is 33.0. The summed E-state index contributed by atoms with van der Waals surface area (Å²) in [6, 6.07) is 59.5. The zero-order valence-corrected chi connectivity index (χ0v) is 30.6. The van der Waals surface area contributed by atoms with Gasteiger partial charge >= 0.3 is 0 Å². The lowest BCUT2D eigenvalue weighted by Crippen LogP contribution is -2.17. The molecule has 0 aromatic heterocycles. The molecule has 0 saturated heterocycles. The van der Waals surface area contributed by atoms with Crippen molar-refractivity contribution in [3.63, 3.8) is 0 Å². The minimum Gasteiger partial charge on any atom is -0.311 e. The SMILES string of the molecule is Cc1cccc(N(c2cc(C)cc(C)c2)c2ccc3c(c2)C(C)(C)c2cc(C=Cc4ccc(N(c5ccccc5)c5ccccc5)cc4)ccc2-3)c1. The second-order valence-corrected chi connectivity index (χ2v) is 14.6. The van der Waals surface area contributed by atoms with Gasteiger partial charge in [0.1, 0.15) is 0 Å². The summed E-state index contributed by atoms with van der Waals surface area (Å²) < 4.78 is 0.